The molecule has 0 saturated heterocycles. The molecule has 2 aromatic rings. The highest BCUT2D eigenvalue weighted by Crippen LogP contribution is 2.26. The van der Waals surface area contributed by atoms with Crippen LogP contribution in [0.1, 0.15) is 22.3 Å². The van der Waals surface area contributed by atoms with E-state index in [0.717, 1.165) is 11.5 Å². The average Bonchev–Trinajstić information content (AvgIpc) is 2.82. The number of hydrogen-bond acceptors (Lipinski definition) is 5. The van der Waals surface area contributed by atoms with E-state index in [9.17, 15) is 9.90 Å². The monoisotopic (exact) mass is 283 g/mol. The van der Waals surface area contributed by atoms with E-state index in [0.29, 0.717) is 22.7 Å². The lowest BCUT2D eigenvalue weighted by atomic mass is 10.2. The van der Waals surface area contributed by atoms with Crippen molar-refractivity contribution in [1.29, 1.82) is 0 Å². The van der Waals surface area contributed by atoms with Crippen LogP contribution in [0.15, 0.2) is 18.2 Å². The van der Waals surface area contributed by atoms with Gasteiger partial charge >= 0.3 is 0 Å². The minimum atomic E-state index is -0.288. The first kappa shape index (κ1) is 12.8. The second-order valence-electron chi connectivity index (χ2n) is 3.52. The summed E-state index contributed by atoms with van der Waals surface area (Å²) in [5.41, 5.74) is 1.13. The molecular formula is C11H10ClN3O2S. The number of benzene rings is 1. The second-order valence-corrected chi connectivity index (χ2v) is 4.68. The van der Waals surface area contributed by atoms with Crippen molar-refractivity contribution in [2.45, 2.75) is 13.3 Å². The summed E-state index contributed by atoms with van der Waals surface area (Å²) in [6.07, 6.45) is 0.644. The van der Waals surface area contributed by atoms with Crippen molar-refractivity contribution in [3.8, 4) is 5.75 Å². The molecule has 0 fully saturated rings. The predicted molar refractivity (Wildman–Crippen MR) is 70.4 cm³/mol. The van der Waals surface area contributed by atoms with E-state index >= 15 is 0 Å². The number of nitrogens with one attached hydrogen (secondary N) is 1. The molecule has 1 aromatic carbocycles. The Hall–Kier alpha value is -1.66. The number of anilines is 1. The van der Waals surface area contributed by atoms with Gasteiger partial charge in [0, 0.05) is 11.8 Å². The Kier molecular flexibility index (Phi) is 3.78. The van der Waals surface area contributed by atoms with Crippen molar-refractivity contribution in [3.63, 3.8) is 0 Å². The van der Waals surface area contributed by atoms with Gasteiger partial charge in [-0.15, -0.1) is 5.10 Å². The zero-order chi connectivity index (χ0) is 13.1. The van der Waals surface area contributed by atoms with Crippen molar-refractivity contribution in [2.75, 3.05) is 5.32 Å². The molecule has 2 rings (SSSR count). The summed E-state index contributed by atoms with van der Waals surface area (Å²) >= 11 is 6.73. The number of rotatable bonds is 3. The molecule has 7 heteroatoms. The summed E-state index contributed by atoms with van der Waals surface area (Å²) in [7, 11) is 0. The van der Waals surface area contributed by atoms with Gasteiger partial charge in [0.1, 0.15) is 10.6 Å². The maximum atomic E-state index is 12.0. The molecule has 2 N–H and O–H groups in total. The van der Waals surface area contributed by atoms with Crippen LogP contribution >= 0.6 is 23.1 Å². The van der Waals surface area contributed by atoms with Gasteiger partial charge in [0.15, 0.2) is 0 Å². The summed E-state index contributed by atoms with van der Waals surface area (Å²) in [4.78, 5) is 12.4. The van der Waals surface area contributed by atoms with Crippen molar-refractivity contribution in [2.24, 2.45) is 0 Å². The Balaban J connectivity index is 2.19. The van der Waals surface area contributed by atoms with Crippen LogP contribution in [-0.2, 0) is 6.42 Å². The Morgan fingerprint density at radius 3 is 3.00 bits per heavy atom. The first-order valence-electron chi connectivity index (χ1n) is 5.23. The highest BCUT2D eigenvalue weighted by atomic mass is 35.5. The number of phenolic OH excluding ortho intramolecular Hbond substituents is 1. The number of amides is 1. The lowest BCUT2D eigenvalue weighted by molar-refractivity contribution is 0.102. The average molecular weight is 284 g/mol. The van der Waals surface area contributed by atoms with Gasteiger partial charge < -0.3 is 10.4 Å². The molecule has 1 amide bonds. The first-order chi connectivity index (χ1) is 8.61. The van der Waals surface area contributed by atoms with Crippen molar-refractivity contribution < 1.29 is 9.90 Å². The van der Waals surface area contributed by atoms with Crippen molar-refractivity contribution in [3.05, 3.63) is 33.8 Å². The van der Waals surface area contributed by atoms with Crippen molar-refractivity contribution in [1.82, 2.24) is 9.59 Å². The van der Waals surface area contributed by atoms with Crippen LogP contribution < -0.4 is 5.32 Å². The molecule has 0 atom stereocenters. The van der Waals surface area contributed by atoms with Gasteiger partial charge in [0.2, 0.25) is 0 Å². The SMILES string of the molecule is CCc1nnsc1C(=O)Nc1ccc(Cl)c(O)c1. The summed E-state index contributed by atoms with van der Waals surface area (Å²) in [5.74, 6) is -0.365. The van der Waals surface area contributed by atoms with Crippen LogP contribution in [0.4, 0.5) is 5.69 Å². The molecular weight excluding hydrogens is 274 g/mol. The lowest BCUT2D eigenvalue weighted by Gasteiger charge is -2.05. The van der Waals surface area contributed by atoms with Crippen LogP contribution in [0.3, 0.4) is 0 Å². The number of carbonyl (C=O) groups is 1. The smallest absolute Gasteiger partial charge is 0.269 e. The van der Waals surface area contributed by atoms with E-state index in [2.05, 4.69) is 14.9 Å². The fourth-order valence-corrected chi connectivity index (χ4v) is 2.15. The molecule has 0 aliphatic carbocycles. The molecule has 0 saturated carbocycles. The van der Waals surface area contributed by atoms with E-state index in [4.69, 9.17) is 11.6 Å². The van der Waals surface area contributed by atoms with Crippen LogP contribution in [-0.4, -0.2) is 20.6 Å². The topological polar surface area (TPSA) is 75.1 Å². The quantitative estimate of drug-likeness (QED) is 0.908. The predicted octanol–water partition coefficient (Wildman–Crippen LogP) is 2.71. The van der Waals surface area contributed by atoms with Gasteiger partial charge in [-0.3, -0.25) is 4.79 Å². The molecule has 18 heavy (non-hydrogen) atoms. The van der Waals surface area contributed by atoms with Crippen LogP contribution in [0.25, 0.3) is 0 Å². The van der Waals surface area contributed by atoms with E-state index in [1.54, 1.807) is 6.07 Å². The van der Waals surface area contributed by atoms with Crippen LogP contribution in [0.5, 0.6) is 5.75 Å². The lowest BCUT2D eigenvalue weighted by Crippen LogP contribution is -2.12. The molecule has 0 bridgehead atoms. The number of aromatic hydroxyl groups is 1. The first-order valence-corrected chi connectivity index (χ1v) is 6.38. The fraction of sp³-hybridized carbons (Fsp3) is 0.182. The molecule has 0 aliphatic rings. The van der Waals surface area contributed by atoms with Gasteiger partial charge in [-0.2, -0.15) is 0 Å². The normalized spacial score (nSPS) is 10.3. The largest absolute Gasteiger partial charge is 0.506 e. The number of halogens is 1. The van der Waals surface area contributed by atoms with Gasteiger partial charge in [0.25, 0.3) is 5.91 Å². The minimum absolute atomic E-state index is 0.0763. The highest BCUT2D eigenvalue weighted by Gasteiger charge is 2.15. The molecule has 0 spiro atoms. The molecule has 1 aromatic heterocycles. The van der Waals surface area contributed by atoms with Gasteiger partial charge in [-0.05, 0) is 30.1 Å². The third-order valence-electron chi connectivity index (χ3n) is 2.30. The van der Waals surface area contributed by atoms with Crippen molar-refractivity contribution >= 4 is 34.7 Å². The molecule has 94 valence electrons. The Bertz CT molecular complexity index is 585. The van der Waals surface area contributed by atoms with Gasteiger partial charge in [-0.25, -0.2) is 0 Å². The zero-order valence-corrected chi connectivity index (χ0v) is 11.0. The van der Waals surface area contributed by atoms with E-state index in [-0.39, 0.29) is 16.7 Å². The second kappa shape index (κ2) is 5.32. The molecule has 0 radical (unpaired) electrons. The standard InChI is InChI=1S/C11H10ClN3O2S/c1-2-8-10(18-15-14-8)11(17)13-6-3-4-7(12)9(16)5-6/h3-5,16H,2H2,1H3,(H,13,17). The molecule has 0 unspecified atom stereocenters. The third kappa shape index (κ3) is 2.60. The summed E-state index contributed by atoms with van der Waals surface area (Å²) in [6, 6.07) is 4.51. The maximum absolute atomic E-state index is 12.0. The minimum Gasteiger partial charge on any atom is -0.506 e. The highest BCUT2D eigenvalue weighted by molar-refractivity contribution is 7.08. The maximum Gasteiger partial charge on any atom is 0.269 e. The Morgan fingerprint density at radius 2 is 2.33 bits per heavy atom. The summed E-state index contributed by atoms with van der Waals surface area (Å²) in [6.45, 7) is 1.90. The number of hydrogen-bond donors (Lipinski definition) is 2. The van der Waals surface area contributed by atoms with Crippen LogP contribution in [0, 0.1) is 0 Å². The van der Waals surface area contributed by atoms with E-state index in [1.807, 2.05) is 6.92 Å². The number of nitrogens with zero attached hydrogens (tertiary/aromatic N) is 2. The van der Waals surface area contributed by atoms with Gasteiger partial charge in [-0.1, -0.05) is 23.0 Å². The molecule has 0 aliphatic heterocycles. The third-order valence-corrected chi connectivity index (χ3v) is 3.39. The number of carbonyl (C=O) groups excluding carboxylic acids is 1. The summed E-state index contributed by atoms with van der Waals surface area (Å²) in [5, 5.41) is 16.2. The Labute approximate surface area is 113 Å². The Morgan fingerprint density at radius 1 is 1.56 bits per heavy atom. The number of phenols is 1. The molecule has 5 nitrogen and oxygen atoms in total. The number of aryl methyl sites for hydroxylation is 1. The van der Waals surface area contributed by atoms with E-state index < -0.39 is 0 Å². The van der Waals surface area contributed by atoms with E-state index in [1.165, 1.54) is 12.1 Å². The molecule has 1 heterocycles. The van der Waals surface area contributed by atoms with Crippen LogP contribution in [0.2, 0.25) is 5.02 Å². The zero-order valence-electron chi connectivity index (χ0n) is 9.48. The number of aromatic nitrogens is 2. The van der Waals surface area contributed by atoms with Gasteiger partial charge in [0.05, 0.1) is 10.7 Å². The fourth-order valence-electron chi connectivity index (χ4n) is 1.39. The summed E-state index contributed by atoms with van der Waals surface area (Å²) < 4.78 is 3.75.